The van der Waals surface area contributed by atoms with Crippen LogP contribution in [-0.4, -0.2) is 31.6 Å². The van der Waals surface area contributed by atoms with Gasteiger partial charge in [0.25, 0.3) is 0 Å². The van der Waals surface area contributed by atoms with Crippen molar-refractivity contribution in [2.75, 3.05) is 18.8 Å². The molecule has 0 aromatic heterocycles. The van der Waals surface area contributed by atoms with E-state index in [1.807, 2.05) is 13.8 Å². The maximum absolute atomic E-state index is 11.2. The van der Waals surface area contributed by atoms with E-state index in [4.69, 9.17) is 0 Å². The SMILES string of the molecule is CC(C)CN1CCCS1(=O)=O. The standard InChI is InChI=1S/C7H15NO2S/c1-7(2)6-8-4-3-5-11(8,9)10/h7H,3-6H2,1-2H3. The lowest BCUT2D eigenvalue weighted by atomic mass is 10.2. The molecule has 4 heteroatoms. The molecule has 0 bridgehead atoms. The van der Waals surface area contributed by atoms with Crippen molar-refractivity contribution >= 4 is 10.0 Å². The molecule has 0 aromatic carbocycles. The van der Waals surface area contributed by atoms with Gasteiger partial charge in [-0.1, -0.05) is 13.8 Å². The fourth-order valence-electron chi connectivity index (χ4n) is 1.30. The molecule has 1 heterocycles. The quantitative estimate of drug-likeness (QED) is 0.622. The molecule has 0 N–H and O–H groups in total. The zero-order chi connectivity index (χ0) is 8.48. The summed E-state index contributed by atoms with van der Waals surface area (Å²) in [6.45, 7) is 5.48. The molecule has 0 unspecified atom stereocenters. The Hall–Kier alpha value is -0.0900. The van der Waals surface area contributed by atoms with Gasteiger partial charge in [0, 0.05) is 13.1 Å². The molecule has 11 heavy (non-hydrogen) atoms. The average molecular weight is 177 g/mol. The summed E-state index contributed by atoms with van der Waals surface area (Å²) in [5, 5.41) is 0. The van der Waals surface area contributed by atoms with Gasteiger partial charge in [0.2, 0.25) is 10.0 Å². The zero-order valence-electron chi connectivity index (χ0n) is 7.08. The van der Waals surface area contributed by atoms with E-state index in [0.29, 0.717) is 18.2 Å². The van der Waals surface area contributed by atoms with E-state index < -0.39 is 10.0 Å². The van der Waals surface area contributed by atoms with Crippen LogP contribution < -0.4 is 0 Å². The summed E-state index contributed by atoms with van der Waals surface area (Å²) in [5.74, 6) is 0.780. The molecule has 1 fully saturated rings. The number of nitrogens with zero attached hydrogens (tertiary/aromatic N) is 1. The number of rotatable bonds is 2. The molecule has 0 amide bonds. The van der Waals surface area contributed by atoms with E-state index in [0.717, 1.165) is 13.0 Å². The predicted octanol–water partition coefficient (Wildman–Crippen LogP) is 0.678. The van der Waals surface area contributed by atoms with Crippen LogP contribution in [0.15, 0.2) is 0 Å². The van der Waals surface area contributed by atoms with Gasteiger partial charge in [-0.15, -0.1) is 0 Å². The Bertz CT molecular complexity index is 221. The van der Waals surface area contributed by atoms with E-state index in [2.05, 4.69) is 0 Å². The van der Waals surface area contributed by atoms with Gasteiger partial charge in [0.05, 0.1) is 5.75 Å². The number of hydrogen-bond donors (Lipinski definition) is 0. The monoisotopic (exact) mass is 177 g/mol. The van der Waals surface area contributed by atoms with Gasteiger partial charge in [0.1, 0.15) is 0 Å². The molecular weight excluding hydrogens is 162 g/mol. The van der Waals surface area contributed by atoms with Gasteiger partial charge in [-0.2, -0.15) is 0 Å². The molecule has 1 saturated heterocycles. The van der Waals surface area contributed by atoms with Gasteiger partial charge in [-0.3, -0.25) is 0 Å². The molecule has 0 aliphatic carbocycles. The topological polar surface area (TPSA) is 37.4 Å². The van der Waals surface area contributed by atoms with Crippen molar-refractivity contribution in [3.05, 3.63) is 0 Å². The Kier molecular flexibility index (Phi) is 2.54. The van der Waals surface area contributed by atoms with Crippen LogP contribution in [0.2, 0.25) is 0 Å². The minimum Gasteiger partial charge on any atom is -0.212 e. The summed E-state index contributed by atoms with van der Waals surface area (Å²) in [7, 11) is -2.85. The van der Waals surface area contributed by atoms with Crippen molar-refractivity contribution in [3.8, 4) is 0 Å². The zero-order valence-corrected chi connectivity index (χ0v) is 7.89. The van der Waals surface area contributed by atoms with Crippen LogP contribution in [0.1, 0.15) is 20.3 Å². The van der Waals surface area contributed by atoms with Crippen LogP contribution in [0.3, 0.4) is 0 Å². The normalized spacial score (nSPS) is 24.6. The van der Waals surface area contributed by atoms with Crippen LogP contribution in [0.25, 0.3) is 0 Å². The first kappa shape index (κ1) is 9.00. The van der Waals surface area contributed by atoms with Crippen LogP contribution >= 0.6 is 0 Å². The third kappa shape index (κ3) is 2.17. The molecule has 0 atom stereocenters. The van der Waals surface area contributed by atoms with Crippen molar-refractivity contribution in [3.63, 3.8) is 0 Å². The smallest absolute Gasteiger partial charge is 0.212 e. The molecular formula is C7H15NO2S. The summed E-state index contributed by atoms with van der Waals surface area (Å²) in [4.78, 5) is 0. The van der Waals surface area contributed by atoms with Crippen LogP contribution in [-0.2, 0) is 10.0 Å². The van der Waals surface area contributed by atoms with E-state index in [-0.39, 0.29) is 0 Å². The highest BCUT2D eigenvalue weighted by molar-refractivity contribution is 7.89. The summed E-state index contributed by atoms with van der Waals surface area (Å²) >= 11 is 0. The highest BCUT2D eigenvalue weighted by Crippen LogP contribution is 2.14. The number of hydrogen-bond acceptors (Lipinski definition) is 2. The van der Waals surface area contributed by atoms with Gasteiger partial charge in [0.15, 0.2) is 0 Å². The van der Waals surface area contributed by atoms with E-state index in [1.54, 1.807) is 4.31 Å². The predicted molar refractivity (Wildman–Crippen MR) is 44.8 cm³/mol. The minimum atomic E-state index is -2.85. The number of sulfonamides is 1. The summed E-state index contributed by atoms with van der Waals surface area (Å²) in [5.41, 5.74) is 0. The Balaban J connectivity index is 2.59. The van der Waals surface area contributed by atoms with Crippen molar-refractivity contribution in [2.24, 2.45) is 5.92 Å². The Morgan fingerprint density at radius 3 is 2.45 bits per heavy atom. The first-order valence-corrected chi connectivity index (χ1v) is 5.61. The van der Waals surface area contributed by atoms with Crippen LogP contribution in [0.5, 0.6) is 0 Å². The Labute approximate surface area is 68.4 Å². The lowest BCUT2D eigenvalue weighted by molar-refractivity contribution is 0.392. The van der Waals surface area contributed by atoms with Gasteiger partial charge < -0.3 is 0 Å². The van der Waals surface area contributed by atoms with E-state index in [9.17, 15) is 8.42 Å². The van der Waals surface area contributed by atoms with Crippen molar-refractivity contribution in [2.45, 2.75) is 20.3 Å². The van der Waals surface area contributed by atoms with Crippen LogP contribution in [0, 0.1) is 5.92 Å². The van der Waals surface area contributed by atoms with Crippen molar-refractivity contribution in [1.29, 1.82) is 0 Å². The molecule has 0 saturated carbocycles. The molecule has 0 radical (unpaired) electrons. The van der Waals surface area contributed by atoms with E-state index in [1.165, 1.54) is 0 Å². The second kappa shape index (κ2) is 3.11. The first-order valence-electron chi connectivity index (χ1n) is 4.00. The second-order valence-electron chi connectivity index (χ2n) is 3.42. The molecule has 1 aliphatic heterocycles. The molecule has 0 aromatic rings. The highest BCUT2D eigenvalue weighted by Gasteiger charge is 2.27. The van der Waals surface area contributed by atoms with Crippen molar-refractivity contribution in [1.82, 2.24) is 4.31 Å². The average Bonchev–Trinajstić information content (AvgIpc) is 2.10. The van der Waals surface area contributed by atoms with Gasteiger partial charge in [-0.25, -0.2) is 12.7 Å². The lowest BCUT2D eigenvalue weighted by Gasteiger charge is -2.15. The lowest BCUT2D eigenvalue weighted by Crippen LogP contribution is -2.29. The van der Waals surface area contributed by atoms with E-state index >= 15 is 0 Å². The Morgan fingerprint density at radius 2 is 2.09 bits per heavy atom. The minimum absolute atomic E-state index is 0.347. The molecule has 1 aliphatic rings. The largest absolute Gasteiger partial charge is 0.214 e. The molecule has 3 nitrogen and oxygen atoms in total. The fraction of sp³-hybridized carbons (Fsp3) is 1.00. The summed E-state index contributed by atoms with van der Waals surface area (Å²) in [6, 6.07) is 0. The summed E-state index contributed by atoms with van der Waals surface area (Å²) in [6.07, 6.45) is 0.801. The molecule has 66 valence electrons. The Morgan fingerprint density at radius 1 is 1.45 bits per heavy atom. The maximum Gasteiger partial charge on any atom is 0.214 e. The third-order valence-electron chi connectivity index (χ3n) is 1.77. The van der Waals surface area contributed by atoms with Gasteiger partial charge in [-0.05, 0) is 12.3 Å². The van der Waals surface area contributed by atoms with Gasteiger partial charge >= 0.3 is 0 Å². The maximum atomic E-state index is 11.2. The highest BCUT2D eigenvalue weighted by atomic mass is 32.2. The second-order valence-corrected chi connectivity index (χ2v) is 5.51. The summed E-state index contributed by atoms with van der Waals surface area (Å²) < 4.78 is 24.0. The van der Waals surface area contributed by atoms with Crippen molar-refractivity contribution < 1.29 is 8.42 Å². The third-order valence-corrected chi connectivity index (χ3v) is 3.69. The fourth-order valence-corrected chi connectivity index (χ4v) is 2.99. The molecule has 1 rings (SSSR count). The first-order chi connectivity index (χ1) is 5.02. The van der Waals surface area contributed by atoms with Crippen LogP contribution in [0.4, 0.5) is 0 Å². The molecule has 0 spiro atoms.